The Morgan fingerprint density at radius 1 is 0.400 bits per heavy atom. The number of anilines is 2. The van der Waals surface area contributed by atoms with Crippen LogP contribution in [0.4, 0.5) is 11.4 Å². The van der Waals surface area contributed by atoms with E-state index in [1.54, 1.807) is 0 Å². The van der Waals surface area contributed by atoms with E-state index < -0.39 is 0 Å². The van der Waals surface area contributed by atoms with Crippen LogP contribution in [0.3, 0.4) is 0 Å². The van der Waals surface area contributed by atoms with Gasteiger partial charge in [-0.1, -0.05) is 103 Å². The van der Waals surface area contributed by atoms with Crippen LogP contribution < -0.4 is 5.32 Å². The van der Waals surface area contributed by atoms with Gasteiger partial charge in [-0.3, -0.25) is 0 Å². The molecule has 0 aliphatic carbocycles. The fourth-order valence-electron chi connectivity index (χ4n) is 6.18. The van der Waals surface area contributed by atoms with Crippen molar-refractivity contribution in [2.24, 2.45) is 0 Å². The van der Waals surface area contributed by atoms with Crippen molar-refractivity contribution in [3.05, 3.63) is 152 Å². The van der Waals surface area contributed by atoms with Crippen molar-refractivity contribution in [3.63, 3.8) is 0 Å². The lowest BCUT2D eigenvalue weighted by Crippen LogP contribution is -1.97. The molecule has 0 amide bonds. The van der Waals surface area contributed by atoms with Crippen molar-refractivity contribution in [2.45, 2.75) is 0 Å². The van der Waals surface area contributed by atoms with Crippen molar-refractivity contribution in [3.8, 4) is 16.8 Å². The summed E-state index contributed by atoms with van der Waals surface area (Å²) in [5.41, 5.74) is 8.27. The lowest BCUT2D eigenvalue weighted by molar-refractivity contribution is 1.20. The van der Waals surface area contributed by atoms with Crippen LogP contribution in [0.1, 0.15) is 0 Å². The minimum absolute atomic E-state index is 1.08. The van der Waals surface area contributed by atoms with Crippen LogP contribution in [0.15, 0.2) is 152 Å². The maximum absolute atomic E-state index is 3.58. The molecule has 2 heteroatoms. The summed E-state index contributed by atoms with van der Waals surface area (Å²) in [5, 5.41) is 11.1. The van der Waals surface area contributed by atoms with E-state index in [9.17, 15) is 0 Å². The molecule has 0 aliphatic heterocycles. The van der Waals surface area contributed by atoms with E-state index in [0.717, 1.165) is 11.4 Å². The highest BCUT2D eigenvalue weighted by Gasteiger charge is 2.17. The Morgan fingerprint density at radius 2 is 1.07 bits per heavy atom. The number of fused-ring (bicyclic) bond motifs is 5. The number of aromatic nitrogens is 1. The minimum Gasteiger partial charge on any atom is -0.356 e. The molecule has 0 saturated heterocycles. The van der Waals surface area contributed by atoms with Gasteiger partial charge >= 0.3 is 0 Å². The van der Waals surface area contributed by atoms with Gasteiger partial charge < -0.3 is 9.88 Å². The smallest absolute Gasteiger partial charge is 0.0542 e. The molecule has 1 aromatic heterocycles. The average molecular weight is 511 g/mol. The quantitative estimate of drug-likeness (QED) is 0.233. The third kappa shape index (κ3) is 3.58. The number of para-hydroxylation sites is 2. The second-order valence-corrected chi connectivity index (χ2v) is 10.3. The molecule has 0 atom stereocenters. The number of hydrogen-bond acceptors (Lipinski definition) is 1. The first-order chi connectivity index (χ1) is 19.8. The number of rotatable bonds is 4. The van der Waals surface area contributed by atoms with Crippen molar-refractivity contribution in [2.75, 3.05) is 5.32 Å². The van der Waals surface area contributed by atoms with Crippen LogP contribution in [0.5, 0.6) is 0 Å². The molecule has 188 valence electrons. The summed E-state index contributed by atoms with van der Waals surface area (Å²) in [6.07, 6.45) is 0. The van der Waals surface area contributed by atoms with Gasteiger partial charge in [-0.15, -0.1) is 0 Å². The van der Waals surface area contributed by atoms with Gasteiger partial charge in [0.05, 0.1) is 16.7 Å². The molecule has 8 rings (SSSR count). The predicted molar refractivity (Wildman–Crippen MR) is 171 cm³/mol. The Hall–Kier alpha value is -5.34. The van der Waals surface area contributed by atoms with Crippen LogP contribution in [0.25, 0.3) is 60.2 Å². The number of nitrogens with one attached hydrogen (secondary N) is 1. The van der Waals surface area contributed by atoms with E-state index in [2.05, 4.69) is 155 Å². The molecule has 40 heavy (non-hydrogen) atoms. The minimum atomic E-state index is 1.08. The van der Waals surface area contributed by atoms with Gasteiger partial charge in [0.25, 0.3) is 0 Å². The van der Waals surface area contributed by atoms with Crippen LogP contribution in [0.2, 0.25) is 0 Å². The SMILES string of the molecule is c1ccc(Nc2ccc3c(c2)c2ccccc2n3-c2cccc3c(-c4ccccc4)c4ccccc4cc23)cc1. The summed E-state index contributed by atoms with van der Waals surface area (Å²) in [6, 6.07) is 54.4. The van der Waals surface area contributed by atoms with Crippen LogP contribution in [-0.2, 0) is 0 Å². The van der Waals surface area contributed by atoms with E-state index >= 15 is 0 Å². The zero-order chi connectivity index (χ0) is 26.5. The Kier molecular flexibility index (Phi) is 5.17. The van der Waals surface area contributed by atoms with E-state index in [1.807, 2.05) is 6.07 Å². The first kappa shape index (κ1) is 22.6. The summed E-state index contributed by atoms with van der Waals surface area (Å²) in [7, 11) is 0. The molecule has 0 fully saturated rings. The summed E-state index contributed by atoms with van der Waals surface area (Å²) < 4.78 is 2.43. The first-order valence-corrected chi connectivity index (χ1v) is 13.7. The van der Waals surface area contributed by atoms with E-state index in [1.165, 1.54) is 60.2 Å². The molecule has 8 aromatic rings. The Balaban J connectivity index is 1.43. The van der Waals surface area contributed by atoms with Gasteiger partial charge in [-0.2, -0.15) is 0 Å². The highest BCUT2D eigenvalue weighted by molar-refractivity contribution is 6.17. The first-order valence-electron chi connectivity index (χ1n) is 13.7. The fourth-order valence-corrected chi connectivity index (χ4v) is 6.18. The molecular weight excluding hydrogens is 484 g/mol. The molecule has 1 heterocycles. The predicted octanol–water partition coefficient (Wildman–Crippen LogP) is 10.5. The third-order valence-corrected chi connectivity index (χ3v) is 7.92. The molecule has 0 unspecified atom stereocenters. The van der Waals surface area contributed by atoms with E-state index in [4.69, 9.17) is 0 Å². The number of benzene rings is 7. The number of nitrogens with zero attached hydrogens (tertiary/aromatic N) is 1. The van der Waals surface area contributed by atoms with Crippen molar-refractivity contribution >= 4 is 54.7 Å². The van der Waals surface area contributed by atoms with Gasteiger partial charge in [0.1, 0.15) is 0 Å². The fraction of sp³-hybridized carbons (Fsp3) is 0. The zero-order valence-corrected chi connectivity index (χ0v) is 21.9. The molecular formula is C38H26N2. The Labute approximate surface area is 232 Å². The van der Waals surface area contributed by atoms with E-state index in [-0.39, 0.29) is 0 Å². The highest BCUT2D eigenvalue weighted by atomic mass is 15.0. The lowest BCUT2D eigenvalue weighted by atomic mass is 9.91. The summed E-state index contributed by atoms with van der Waals surface area (Å²) >= 11 is 0. The maximum atomic E-state index is 3.58. The largest absolute Gasteiger partial charge is 0.356 e. The van der Waals surface area contributed by atoms with Crippen molar-refractivity contribution < 1.29 is 0 Å². The summed E-state index contributed by atoms with van der Waals surface area (Å²) in [6.45, 7) is 0. The second kappa shape index (κ2) is 9.14. The maximum Gasteiger partial charge on any atom is 0.0542 e. The molecule has 0 spiro atoms. The topological polar surface area (TPSA) is 17.0 Å². The van der Waals surface area contributed by atoms with Gasteiger partial charge in [0.2, 0.25) is 0 Å². The Morgan fingerprint density at radius 3 is 1.93 bits per heavy atom. The Bertz CT molecular complexity index is 2170. The molecule has 0 bridgehead atoms. The number of hydrogen-bond donors (Lipinski definition) is 1. The summed E-state index contributed by atoms with van der Waals surface area (Å²) in [5.74, 6) is 0. The molecule has 0 aliphatic rings. The zero-order valence-electron chi connectivity index (χ0n) is 21.9. The third-order valence-electron chi connectivity index (χ3n) is 7.92. The standard InChI is InChI=1S/C38H26N2/c1-3-12-26(13-4-1)38-30-17-8-7-14-27(30)24-33-32(38)19-11-21-36(33)40-35-20-10-9-18-31(35)34-25-29(22-23-37(34)40)39-28-15-5-2-6-16-28/h1-25,39H. The summed E-state index contributed by atoms with van der Waals surface area (Å²) in [4.78, 5) is 0. The van der Waals surface area contributed by atoms with Gasteiger partial charge in [-0.25, -0.2) is 0 Å². The average Bonchev–Trinajstić information content (AvgIpc) is 3.34. The monoisotopic (exact) mass is 510 g/mol. The second-order valence-electron chi connectivity index (χ2n) is 10.3. The lowest BCUT2D eigenvalue weighted by Gasteiger charge is -2.17. The molecule has 7 aromatic carbocycles. The van der Waals surface area contributed by atoms with E-state index in [0.29, 0.717) is 0 Å². The highest BCUT2D eigenvalue weighted by Crippen LogP contribution is 2.41. The van der Waals surface area contributed by atoms with Gasteiger partial charge in [0, 0.05) is 27.5 Å². The molecule has 0 saturated carbocycles. The van der Waals surface area contributed by atoms with Crippen LogP contribution >= 0.6 is 0 Å². The van der Waals surface area contributed by atoms with Crippen molar-refractivity contribution in [1.29, 1.82) is 0 Å². The normalized spacial score (nSPS) is 11.5. The van der Waals surface area contributed by atoms with Gasteiger partial charge in [-0.05, 0) is 75.8 Å². The molecule has 0 radical (unpaired) electrons. The van der Waals surface area contributed by atoms with Gasteiger partial charge in [0.15, 0.2) is 0 Å². The van der Waals surface area contributed by atoms with Crippen molar-refractivity contribution in [1.82, 2.24) is 4.57 Å². The molecule has 2 nitrogen and oxygen atoms in total. The van der Waals surface area contributed by atoms with Crippen LogP contribution in [0, 0.1) is 0 Å². The van der Waals surface area contributed by atoms with Crippen LogP contribution in [-0.4, -0.2) is 4.57 Å². The molecule has 1 N–H and O–H groups in total.